The van der Waals surface area contributed by atoms with Crippen molar-refractivity contribution in [2.45, 2.75) is 27.7 Å². The maximum atomic E-state index is 12.4. The Kier molecular flexibility index (Phi) is 4.68. The molecule has 0 unspecified atom stereocenters. The molecule has 0 aliphatic heterocycles. The molecule has 1 aromatic rings. The first-order valence-electron chi connectivity index (χ1n) is 5.79. The molecule has 0 bridgehead atoms. The quantitative estimate of drug-likeness (QED) is 0.485. The molecule has 0 spiro atoms. The van der Waals surface area contributed by atoms with E-state index in [1.807, 2.05) is 13.0 Å². The monoisotopic (exact) mass is 312 g/mol. The number of rotatable bonds is 4. The van der Waals surface area contributed by atoms with Crippen molar-refractivity contribution in [2.24, 2.45) is 5.41 Å². The number of carbonyl (C=O) groups is 2. The first-order valence-corrected chi connectivity index (χ1v) is 6.58. The number of Topliss-reactive ketones (excluding diaryl/α,β-unsaturated/α-hetero) is 1. The third-order valence-corrected chi connectivity index (χ3v) is 3.28. The average molecular weight is 313 g/mol. The molecule has 0 aromatic heterocycles. The van der Waals surface area contributed by atoms with Crippen molar-refractivity contribution in [1.29, 1.82) is 0 Å². The van der Waals surface area contributed by atoms with Gasteiger partial charge in [0.1, 0.15) is 5.41 Å². The predicted molar refractivity (Wildman–Crippen MR) is 73.6 cm³/mol. The molecule has 0 atom stereocenters. The van der Waals surface area contributed by atoms with Gasteiger partial charge in [0.25, 0.3) is 0 Å². The number of aryl methyl sites for hydroxylation is 1. The first kappa shape index (κ1) is 14.9. The molecule has 0 fully saturated rings. The maximum Gasteiger partial charge on any atom is 0.319 e. The van der Waals surface area contributed by atoms with E-state index in [0.717, 1.165) is 10.0 Å². The van der Waals surface area contributed by atoms with Gasteiger partial charge in [-0.05, 0) is 51.5 Å². The number of esters is 1. The molecule has 18 heavy (non-hydrogen) atoms. The van der Waals surface area contributed by atoms with Crippen molar-refractivity contribution in [2.75, 3.05) is 6.61 Å². The summed E-state index contributed by atoms with van der Waals surface area (Å²) in [5, 5.41) is 0. The lowest BCUT2D eigenvalue weighted by atomic mass is 9.83. The van der Waals surface area contributed by atoms with Gasteiger partial charge in [-0.1, -0.05) is 15.9 Å². The van der Waals surface area contributed by atoms with Crippen LogP contribution in [-0.2, 0) is 9.53 Å². The van der Waals surface area contributed by atoms with E-state index < -0.39 is 11.4 Å². The molecule has 0 amide bonds. The fourth-order valence-electron chi connectivity index (χ4n) is 1.62. The number of halogens is 1. The zero-order valence-electron chi connectivity index (χ0n) is 11.0. The summed E-state index contributed by atoms with van der Waals surface area (Å²) in [4.78, 5) is 24.2. The number of carbonyl (C=O) groups excluding carboxylic acids is 2. The van der Waals surface area contributed by atoms with E-state index in [4.69, 9.17) is 4.74 Å². The zero-order valence-corrected chi connectivity index (χ0v) is 12.6. The molecule has 1 aromatic carbocycles. The lowest BCUT2D eigenvalue weighted by molar-refractivity contribution is -0.150. The average Bonchev–Trinajstić information content (AvgIpc) is 2.28. The summed E-state index contributed by atoms with van der Waals surface area (Å²) >= 11 is 3.35. The maximum absolute atomic E-state index is 12.4. The van der Waals surface area contributed by atoms with Gasteiger partial charge in [0.2, 0.25) is 0 Å². The van der Waals surface area contributed by atoms with Crippen LogP contribution in [0.25, 0.3) is 0 Å². The number of ether oxygens (including phenoxy) is 1. The summed E-state index contributed by atoms with van der Waals surface area (Å²) in [5.41, 5.74) is 0.234. The van der Waals surface area contributed by atoms with Crippen LogP contribution in [0.4, 0.5) is 0 Å². The second-order valence-corrected chi connectivity index (χ2v) is 5.55. The van der Waals surface area contributed by atoms with E-state index in [2.05, 4.69) is 15.9 Å². The van der Waals surface area contributed by atoms with Crippen molar-refractivity contribution >= 4 is 27.7 Å². The molecular weight excluding hydrogens is 296 g/mol. The number of hydrogen-bond acceptors (Lipinski definition) is 3. The predicted octanol–water partition coefficient (Wildman–Crippen LogP) is 3.53. The molecule has 0 heterocycles. The van der Waals surface area contributed by atoms with Crippen molar-refractivity contribution in [3.8, 4) is 0 Å². The first-order chi connectivity index (χ1) is 8.30. The third-order valence-electron chi connectivity index (χ3n) is 2.79. The van der Waals surface area contributed by atoms with Crippen molar-refractivity contribution < 1.29 is 14.3 Å². The highest BCUT2D eigenvalue weighted by Gasteiger charge is 2.38. The van der Waals surface area contributed by atoms with E-state index in [9.17, 15) is 9.59 Å². The molecule has 0 saturated carbocycles. The Morgan fingerprint density at radius 2 is 1.94 bits per heavy atom. The minimum atomic E-state index is -1.16. The number of hydrogen-bond donors (Lipinski definition) is 0. The standard InChI is InChI=1S/C14H17BrO3/c1-5-18-13(17)14(3,4)12(16)11-7-6-10(15)8-9(11)2/h6-8H,5H2,1-4H3. The normalized spacial score (nSPS) is 11.2. The molecule has 3 nitrogen and oxygen atoms in total. The topological polar surface area (TPSA) is 43.4 Å². The van der Waals surface area contributed by atoms with Gasteiger partial charge in [0.15, 0.2) is 5.78 Å². The Morgan fingerprint density at radius 3 is 2.44 bits per heavy atom. The third kappa shape index (κ3) is 2.99. The fourth-order valence-corrected chi connectivity index (χ4v) is 2.10. The molecule has 0 aliphatic carbocycles. The summed E-state index contributed by atoms with van der Waals surface area (Å²) in [6.45, 7) is 7.03. The van der Waals surface area contributed by atoms with Crippen LogP contribution < -0.4 is 0 Å². The van der Waals surface area contributed by atoms with Crippen LogP contribution >= 0.6 is 15.9 Å². The number of benzene rings is 1. The Bertz CT molecular complexity index is 478. The zero-order chi connectivity index (χ0) is 13.9. The minimum absolute atomic E-state index is 0.217. The van der Waals surface area contributed by atoms with Crippen molar-refractivity contribution in [3.05, 3.63) is 33.8 Å². The van der Waals surface area contributed by atoms with Gasteiger partial charge < -0.3 is 4.74 Å². The second-order valence-electron chi connectivity index (χ2n) is 4.63. The van der Waals surface area contributed by atoms with Crippen LogP contribution in [0, 0.1) is 12.3 Å². The number of ketones is 1. The molecule has 4 heteroatoms. The Labute approximate surface area is 116 Å². The van der Waals surface area contributed by atoms with Gasteiger partial charge in [0, 0.05) is 10.0 Å². The Morgan fingerprint density at radius 1 is 1.33 bits per heavy atom. The largest absolute Gasteiger partial charge is 0.465 e. The smallest absolute Gasteiger partial charge is 0.319 e. The van der Waals surface area contributed by atoms with Gasteiger partial charge in [-0.2, -0.15) is 0 Å². The van der Waals surface area contributed by atoms with Gasteiger partial charge in [-0.3, -0.25) is 9.59 Å². The van der Waals surface area contributed by atoms with Crippen LogP contribution in [0.2, 0.25) is 0 Å². The Hall–Kier alpha value is -1.16. The summed E-state index contributed by atoms with van der Waals surface area (Å²) in [7, 11) is 0. The lowest BCUT2D eigenvalue weighted by Crippen LogP contribution is -2.35. The van der Waals surface area contributed by atoms with Crippen molar-refractivity contribution in [1.82, 2.24) is 0 Å². The second kappa shape index (κ2) is 5.65. The Balaban J connectivity index is 3.09. The van der Waals surface area contributed by atoms with Gasteiger partial charge >= 0.3 is 5.97 Å². The molecule has 0 N–H and O–H groups in total. The van der Waals surface area contributed by atoms with E-state index in [1.165, 1.54) is 0 Å². The van der Waals surface area contributed by atoms with Crippen LogP contribution in [0.3, 0.4) is 0 Å². The van der Waals surface area contributed by atoms with Gasteiger partial charge in [-0.15, -0.1) is 0 Å². The van der Waals surface area contributed by atoms with E-state index in [-0.39, 0.29) is 12.4 Å². The SMILES string of the molecule is CCOC(=O)C(C)(C)C(=O)c1ccc(Br)cc1C. The highest BCUT2D eigenvalue weighted by atomic mass is 79.9. The molecule has 0 saturated heterocycles. The molecule has 1 rings (SSSR count). The molecule has 0 radical (unpaired) electrons. The summed E-state index contributed by atoms with van der Waals surface area (Å²) < 4.78 is 5.85. The fraction of sp³-hybridized carbons (Fsp3) is 0.429. The highest BCUT2D eigenvalue weighted by Crippen LogP contribution is 2.27. The van der Waals surface area contributed by atoms with E-state index in [0.29, 0.717) is 5.56 Å². The van der Waals surface area contributed by atoms with Crippen LogP contribution in [0.5, 0.6) is 0 Å². The van der Waals surface area contributed by atoms with Gasteiger partial charge in [-0.25, -0.2) is 0 Å². The van der Waals surface area contributed by atoms with Gasteiger partial charge in [0.05, 0.1) is 6.61 Å². The van der Waals surface area contributed by atoms with Crippen molar-refractivity contribution in [3.63, 3.8) is 0 Å². The molecule has 98 valence electrons. The highest BCUT2D eigenvalue weighted by molar-refractivity contribution is 9.10. The van der Waals surface area contributed by atoms with Crippen LogP contribution in [-0.4, -0.2) is 18.4 Å². The van der Waals surface area contributed by atoms with Crippen LogP contribution in [0.15, 0.2) is 22.7 Å². The summed E-state index contributed by atoms with van der Waals surface area (Å²) in [6, 6.07) is 5.37. The summed E-state index contributed by atoms with van der Waals surface area (Å²) in [6.07, 6.45) is 0. The van der Waals surface area contributed by atoms with Crippen LogP contribution in [0.1, 0.15) is 36.7 Å². The van der Waals surface area contributed by atoms with E-state index >= 15 is 0 Å². The molecule has 0 aliphatic rings. The minimum Gasteiger partial charge on any atom is -0.465 e. The van der Waals surface area contributed by atoms with E-state index in [1.54, 1.807) is 32.9 Å². The summed E-state index contributed by atoms with van der Waals surface area (Å²) in [5.74, 6) is -0.705. The molecular formula is C14H17BrO3. The lowest BCUT2D eigenvalue weighted by Gasteiger charge is -2.21.